The number of carbonyl (C=O) groups is 2. The first-order valence-electron chi connectivity index (χ1n) is 9.70. The first-order valence-corrected chi connectivity index (χ1v) is 10.6. The van der Waals surface area contributed by atoms with Crippen LogP contribution in [0.1, 0.15) is 35.9 Å². The van der Waals surface area contributed by atoms with Crippen molar-refractivity contribution in [3.63, 3.8) is 0 Å². The van der Waals surface area contributed by atoms with Crippen molar-refractivity contribution in [3.05, 3.63) is 65.2 Å². The lowest BCUT2D eigenvalue weighted by Gasteiger charge is -2.05. The van der Waals surface area contributed by atoms with Crippen LogP contribution in [0.15, 0.2) is 58.3 Å². The number of hydrogen-bond acceptors (Lipinski definition) is 5. The van der Waals surface area contributed by atoms with Crippen LogP contribution in [-0.2, 0) is 4.79 Å². The Morgan fingerprint density at radius 1 is 1.07 bits per heavy atom. The van der Waals surface area contributed by atoms with E-state index >= 15 is 0 Å². The van der Waals surface area contributed by atoms with E-state index in [-0.39, 0.29) is 11.8 Å². The monoisotopic (exact) mass is 419 g/mol. The van der Waals surface area contributed by atoms with Crippen LogP contribution in [0, 0.1) is 6.92 Å². The van der Waals surface area contributed by atoms with Gasteiger partial charge in [-0.15, -0.1) is 11.3 Å². The summed E-state index contributed by atoms with van der Waals surface area (Å²) in [5, 5.41) is 8.98. The smallest absolute Gasteiger partial charge is 0.293 e. The molecule has 2 N–H and O–H groups in total. The number of furan rings is 1. The molecule has 152 valence electrons. The second-order valence-electron chi connectivity index (χ2n) is 6.92. The number of hydrogen-bond donors (Lipinski definition) is 2. The summed E-state index contributed by atoms with van der Waals surface area (Å²) in [7, 11) is 0. The number of amides is 2. The Balaban J connectivity index is 1.46. The van der Waals surface area contributed by atoms with Crippen LogP contribution in [0.5, 0.6) is 0 Å². The maximum absolute atomic E-state index is 12.7. The number of nitrogens with zero attached hydrogens (tertiary/aromatic N) is 1. The molecule has 0 unspecified atom stereocenters. The van der Waals surface area contributed by atoms with E-state index in [2.05, 4.69) is 15.6 Å². The number of anilines is 2. The lowest BCUT2D eigenvalue weighted by atomic mass is 10.1. The first kappa shape index (κ1) is 19.8. The van der Waals surface area contributed by atoms with Gasteiger partial charge in [0.1, 0.15) is 5.58 Å². The van der Waals surface area contributed by atoms with Gasteiger partial charge < -0.3 is 9.73 Å². The molecule has 0 bridgehead atoms. The summed E-state index contributed by atoms with van der Waals surface area (Å²) in [5.74, 6) is -0.0245. The number of rotatable bonds is 6. The van der Waals surface area contributed by atoms with Gasteiger partial charge in [0.2, 0.25) is 5.91 Å². The van der Waals surface area contributed by atoms with Gasteiger partial charge in [0.05, 0.1) is 5.69 Å². The van der Waals surface area contributed by atoms with Gasteiger partial charge in [-0.3, -0.25) is 14.9 Å². The summed E-state index contributed by atoms with van der Waals surface area (Å²) in [6, 6.07) is 15.0. The van der Waals surface area contributed by atoms with E-state index in [1.807, 2.05) is 67.8 Å². The third-order valence-electron chi connectivity index (χ3n) is 4.72. The number of fused-ring (bicyclic) bond motifs is 1. The Morgan fingerprint density at radius 2 is 1.83 bits per heavy atom. The van der Waals surface area contributed by atoms with Crippen molar-refractivity contribution in [1.29, 1.82) is 0 Å². The van der Waals surface area contributed by atoms with Crippen LogP contribution in [0.4, 0.5) is 10.8 Å². The third kappa shape index (κ3) is 4.11. The summed E-state index contributed by atoms with van der Waals surface area (Å²) in [6.07, 6.45) is 1.31. The van der Waals surface area contributed by atoms with Crippen molar-refractivity contribution >= 4 is 44.9 Å². The molecule has 0 saturated carbocycles. The van der Waals surface area contributed by atoms with Crippen molar-refractivity contribution < 1.29 is 14.0 Å². The molecule has 2 aromatic carbocycles. The first-order chi connectivity index (χ1) is 14.5. The predicted molar refractivity (Wildman–Crippen MR) is 120 cm³/mol. The highest BCUT2D eigenvalue weighted by atomic mass is 32.1. The molecule has 0 aliphatic heterocycles. The molecule has 0 fully saturated rings. The third-order valence-corrected chi connectivity index (χ3v) is 5.47. The van der Waals surface area contributed by atoms with Gasteiger partial charge in [-0.25, -0.2) is 4.98 Å². The molecule has 0 aliphatic rings. The molecule has 2 aromatic heterocycles. The molecule has 0 spiro atoms. The van der Waals surface area contributed by atoms with Crippen molar-refractivity contribution in [2.75, 3.05) is 10.6 Å². The van der Waals surface area contributed by atoms with Crippen molar-refractivity contribution in [2.24, 2.45) is 0 Å². The summed E-state index contributed by atoms with van der Waals surface area (Å²) >= 11 is 1.35. The number of para-hydroxylation sites is 1. The second kappa shape index (κ2) is 8.51. The Morgan fingerprint density at radius 3 is 2.57 bits per heavy atom. The summed E-state index contributed by atoms with van der Waals surface area (Å²) < 4.78 is 5.72. The van der Waals surface area contributed by atoms with Crippen molar-refractivity contribution in [1.82, 2.24) is 4.98 Å². The topological polar surface area (TPSA) is 84.2 Å². The highest BCUT2D eigenvalue weighted by molar-refractivity contribution is 7.14. The van der Waals surface area contributed by atoms with E-state index in [0.717, 1.165) is 34.3 Å². The molecule has 2 heterocycles. The Bertz CT molecular complexity index is 1210. The Kier molecular flexibility index (Phi) is 5.63. The van der Waals surface area contributed by atoms with Crippen molar-refractivity contribution in [3.8, 4) is 11.3 Å². The zero-order chi connectivity index (χ0) is 21.1. The highest BCUT2D eigenvalue weighted by Gasteiger charge is 2.18. The highest BCUT2D eigenvalue weighted by Crippen LogP contribution is 2.28. The molecule has 4 rings (SSSR count). The quantitative estimate of drug-likeness (QED) is 0.410. The minimum absolute atomic E-state index is 0.00443. The SMILES string of the molecule is CCCC(=O)Nc1ccc(-c2csc(NC(=O)c3oc4ccccc4c3C)n2)cc1. The van der Waals surface area contributed by atoms with E-state index < -0.39 is 0 Å². The minimum Gasteiger partial charge on any atom is -0.451 e. The van der Waals surface area contributed by atoms with Gasteiger partial charge in [-0.05, 0) is 31.5 Å². The number of carbonyl (C=O) groups excluding carboxylic acids is 2. The van der Waals surface area contributed by atoms with Crippen LogP contribution < -0.4 is 10.6 Å². The van der Waals surface area contributed by atoms with E-state index in [9.17, 15) is 9.59 Å². The maximum atomic E-state index is 12.7. The average molecular weight is 420 g/mol. The summed E-state index contributed by atoms with van der Waals surface area (Å²) in [4.78, 5) is 28.9. The Hall–Kier alpha value is -3.45. The second-order valence-corrected chi connectivity index (χ2v) is 7.78. The molecule has 30 heavy (non-hydrogen) atoms. The molecule has 0 aliphatic carbocycles. The van der Waals surface area contributed by atoms with Crippen molar-refractivity contribution in [2.45, 2.75) is 26.7 Å². The van der Waals surface area contributed by atoms with E-state index in [4.69, 9.17) is 4.42 Å². The normalized spacial score (nSPS) is 10.9. The largest absolute Gasteiger partial charge is 0.451 e. The molecule has 2 amide bonds. The fraction of sp³-hybridized carbons (Fsp3) is 0.174. The van der Waals surface area contributed by atoms with Crippen LogP contribution >= 0.6 is 11.3 Å². The maximum Gasteiger partial charge on any atom is 0.293 e. The fourth-order valence-corrected chi connectivity index (χ4v) is 3.90. The van der Waals surface area contributed by atoms with Gasteiger partial charge in [0.25, 0.3) is 5.91 Å². The van der Waals surface area contributed by atoms with Gasteiger partial charge in [0.15, 0.2) is 10.9 Å². The molecule has 0 radical (unpaired) electrons. The lowest BCUT2D eigenvalue weighted by Crippen LogP contribution is -2.11. The fourth-order valence-electron chi connectivity index (χ4n) is 3.18. The molecule has 0 atom stereocenters. The summed E-state index contributed by atoms with van der Waals surface area (Å²) in [5.41, 5.74) is 3.90. The van der Waals surface area contributed by atoms with E-state index in [1.165, 1.54) is 11.3 Å². The number of thiazole rings is 1. The van der Waals surface area contributed by atoms with E-state index in [1.54, 1.807) is 0 Å². The number of nitrogens with one attached hydrogen (secondary N) is 2. The van der Waals surface area contributed by atoms with Crippen LogP contribution in [-0.4, -0.2) is 16.8 Å². The zero-order valence-electron chi connectivity index (χ0n) is 16.7. The van der Waals surface area contributed by atoms with Gasteiger partial charge in [0, 0.05) is 34.0 Å². The van der Waals surface area contributed by atoms with Gasteiger partial charge in [-0.1, -0.05) is 37.3 Å². The van der Waals surface area contributed by atoms with Crippen LogP contribution in [0.25, 0.3) is 22.2 Å². The zero-order valence-corrected chi connectivity index (χ0v) is 17.5. The standard InChI is InChI=1S/C23H21N3O3S/c1-3-6-20(27)24-16-11-9-15(10-12-16)18-13-30-23(25-18)26-22(28)21-14(2)17-7-4-5-8-19(17)29-21/h4-5,7-13H,3,6H2,1-2H3,(H,24,27)(H,25,26,28). The molecule has 6 nitrogen and oxygen atoms in total. The molecular weight excluding hydrogens is 398 g/mol. The predicted octanol–water partition coefficient (Wildman–Crippen LogP) is 5.86. The van der Waals surface area contributed by atoms with Gasteiger partial charge in [-0.2, -0.15) is 0 Å². The molecule has 4 aromatic rings. The van der Waals surface area contributed by atoms with Gasteiger partial charge >= 0.3 is 0 Å². The minimum atomic E-state index is -0.321. The molecule has 0 saturated heterocycles. The number of aryl methyl sites for hydroxylation is 1. The molecular formula is C23H21N3O3S. The Labute approximate surface area is 177 Å². The average Bonchev–Trinajstić information content (AvgIpc) is 3.34. The number of aromatic nitrogens is 1. The lowest BCUT2D eigenvalue weighted by molar-refractivity contribution is -0.116. The number of benzene rings is 2. The molecule has 7 heteroatoms. The van der Waals surface area contributed by atoms with Crippen LogP contribution in [0.3, 0.4) is 0 Å². The van der Waals surface area contributed by atoms with Crippen LogP contribution in [0.2, 0.25) is 0 Å². The summed E-state index contributed by atoms with van der Waals surface area (Å²) in [6.45, 7) is 3.84. The van der Waals surface area contributed by atoms with E-state index in [0.29, 0.717) is 22.9 Å².